The van der Waals surface area contributed by atoms with Crippen LogP contribution in [-0.2, 0) is 25.7 Å². The fourth-order valence-corrected chi connectivity index (χ4v) is 6.75. The van der Waals surface area contributed by atoms with E-state index in [4.69, 9.17) is 4.74 Å². The predicted octanol–water partition coefficient (Wildman–Crippen LogP) is 2.77. The molecule has 0 saturated carbocycles. The van der Waals surface area contributed by atoms with Gasteiger partial charge in [0.05, 0.1) is 30.6 Å². The van der Waals surface area contributed by atoms with Crippen LogP contribution in [0.1, 0.15) is 45.1 Å². The van der Waals surface area contributed by atoms with Gasteiger partial charge in [-0.3, -0.25) is 14.4 Å². The van der Waals surface area contributed by atoms with E-state index in [0.29, 0.717) is 45.4 Å². The highest BCUT2D eigenvalue weighted by Crippen LogP contribution is 2.59. The molecule has 1 aromatic carbocycles. The highest BCUT2D eigenvalue weighted by atomic mass is 16.5. The Morgan fingerprint density at radius 3 is 2.45 bits per heavy atom. The molecule has 2 unspecified atom stereocenters. The summed E-state index contributed by atoms with van der Waals surface area (Å²) in [6.07, 6.45) is 5.37. The van der Waals surface area contributed by atoms with Gasteiger partial charge in [-0.25, -0.2) is 0 Å². The number of ether oxygens (including phenoxy) is 1. The molecule has 3 saturated heterocycles. The summed E-state index contributed by atoms with van der Waals surface area (Å²) in [4.78, 5) is 47.4. The van der Waals surface area contributed by atoms with Crippen LogP contribution in [0.15, 0.2) is 55.6 Å². The number of nitrogens with zero attached hydrogens (tertiary/aromatic N) is 3. The molecule has 3 fully saturated rings. The Balaban J connectivity index is 1.75. The molecule has 3 aliphatic heterocycles. The van der Waals surface area contributed by atoms with Crippen molar-refractivity contribution in [2.45, 2.75) is 69.9 Å². The lowest BCUT2D eigenvalue weighted by Gasteiger charge is -2.39. The highest BCUT2D eigenvalue weighted by molar-refractivity contribution is 5.99. The summed E-state index contributed by atoms with van der Waals surface area (Å²) in [5, 5.41) is 10.3. The standard InChI is InChI=1S/C30H41N3O5/c1-5-16-31(17-6-2)27(35)24-23-14-15-30(38-23)25(24)28(36)33(22(8-4)20-34)26(30)29(37)32(18-7-3)19-21-12-10-9-11-13-21/h5,7,9-13,22-26,34H,1,3,6,8,14-20H2,2,4H3/t22-,23+,24-,25-,26?,30?/m0/s1. The third-order valence-corrected chi connectivity index (χ3v) is 8.36. The van der Waals surface area contributed by atoms with Gasteiger partial charge in [0, 0.05) is 26.2 Å². The van der Waals surface area contributed by atoms with Crippen LogP contribution in [0.5, 0.6) is 0 Å². The largest absolute Gasteiger partial charge is 0.394 e. The number of amides is 3. The second-order valence-corrected chi connectivity index (χ2v) is 10.6. The maximum absolute atomic E-state index is 14.4. The van der Waals surface area contributed by atoms with E-state index in [0.717, 1.165) is 12.0 Å². The van der Waals surface area contributed by atoms with E-state index >= 15 is 0 Å². The smallest absolute Gasteiger partial charge is 0.249 e. The van der Waals surface area contributed by atoms with Crippen LogP contribution in [0.2, 0.25) is 0 Å². The first-order chi connectivity index (χ1) is 18.4. The lowest BCUT2D eigenvalue weighted by molar-refractivity contribution is -0.152. The normalized spacial score (nSPS) is 28.2. The molecule has 8 heteroatoms. The van der Waals surface area contributed by atoms with Gasteiger partial charge in [-0.15, -0.1) is 13.2 Å². The van der Waals surface area contributed by atoms with Crippen LogP contribution in [-0.4, -0.2) is 87.6 Å². The molecule has 0 radical (unpaired) electrons. The second kappa shape index (κ2) is 11.8. The number of aliphatic hydroxyl groups is 1. The minimum Gasteiger partial charge on any atom is -0.394 e. The topological polar surface area (TPSA) is 90.4 Å². The number of carbonyl (C=O) groups is 3. The van der Waals surface area contributed by atoms with E-state index in [2.05, 4.69) is 13.2 Å². The number of likely N-dealkylation sites (tertiary alicyclic amines) is 1. The quantitative estimate of drug-likeness (QED) is 0.402. The van der Waals surface area contributed by atoms with Gasteiger partial charge in [0.25, 0.3) is 0 Å². The van der Waals surface area contributed by atoms with Crippen LogP contribution < -0.4 is 0 Å². The molecule has 3 amide bonds. The van der Waals surface area contributed by atoms with Crippen molar-refractivity contribution in [2.24, 2.45) is 11.8 Å². The molecule has 206 valence electrons. The maximum Gasteiger partial charge on any atom is 0.249 e. The third kappa shape index (κ3) is 4.69. The predicted molar refractivity (Wildman–Crippen MR) is 145 cm³/mol. The Morgan fingerprint density at radius 1 is 1.16 bits per heavy atom. The van der Waals surface area contributed by atoms with Crippen molar-refractivity contribution >= 4 is 17.7 Å². The molecule has 0 aliphatic carbocycles. The SMILES string of the molecule is C=CCN(Cc1ccccc1)C(=O)C1N([C@@H](CC)CO)C(=O)[C@@H]2[C@@H](C(=O)N(CC=C)CCC)[C@H]3CCC12O3. The molecule has 2 bridgehead atoms. The lowest BCUT2D eigenvalue weighted by Crippen LogP contribution is -2.58. The summed E-state index contributed by atoms with van der Waals surface area (Å²) in [7, 11) is 0. The molecular formula is C30H41N3O5. The van der Waals surface area contributed by atoms with Crippen molar-refractivity contribution in [2.75, 3.05) is 26.2 Å². The summed E-state index contributed by atoms with van der Waals surface area (Å²) in [6.45, 7) is 12.9. The van der Waals surface area contributed by atoms with Gasteiger partial charge in [0.1, 0.15) is 11.6 Å². The number of rotatable bonds is 13. The fraction of sp³-hybridized carbons (Fsp3) is 0.567. The molecule has 1 spiro atoms. The minimum atomic E-state index is -1.09. The Morgan fingerprint density at radius 2 is 1.84 bits per heavy atom. The number of carbonyl (C=O) groups excluding carboxylic acids is 3. The number of hydrogen-bond acceptors (Lipinski definition) is 5. The number of hydrogen-bond donors (Lipinski definition) is 1. The van der Waals surface area contributed by atoms with E-state index in [1.54, 1.807) is 26.9 Å². The highest BCUT2D eigenvalue weighted by Gasteiger charge is 2.75. The van der Waals surface area contributed by atoms with Crippen molar-refractivity contribution in [3.63, 3.8) is 0 Å². The van der Waals surface area contributed by atoms with Crippen LogP contribution in [0.4, 0.5) is 0 Å². The molecule has 6 atom stereocenters. The van der Waals surface area contributed by atoms with Crippen LogP contribution in [0.3, 0.4) is 0 Å². The lowest BCUT2D eigenvalue weighted by atomic mass is 9.70. The monoisotopic (exact) mass is 523 g/mol. The molecule has 0 aromatic heterocycles. The Bertz CT molecular complexity index is 1040. The van der Waals surface area contributed by atoms with Gasteiger partial charge in [-0.2, -0.15) is 0 Å². The summed E-state index contributed by atoms with van der Waals surface area (Å²) in [5.41, 5.74) is -0.129. The summed E-state index contributed by atoms with van der Waals surface area (Å²) >= 11 is 0. The van der Waals surface area contributed by atoms with Gasteiger partial charge in [0.2, 0.25) is 17.7 Å². The number of aliphatic hydroxyl groups excluding tert-OH is 1. The van der Waals surface area contributed by atoms with E-state index in [-0.39, 0.29) is 24.3 Å². The number of fused-ring (bicyclic) bond motifs is 1. The molecule has 1 aromatic rings. The first-order valence-electron chi connectivity index (χ1n) is 13.8. The Hall–Kier alpha value is -2.97. The van der Waals surface area contributed by atoms with E-state index in [1.165, 1.54) is 0 Å². The molecular weight excluding hydrogens is 482 g/mol. The van der Waals surface area contributed by atoms with E-state index < -0.39 is 35.6 Å². The van der Waals surface area contributed by atoms with Gasteiger partial charge in [-0.05, 0) is 31.2 Å². The van der Waals surface area contributed by atoms with Crippen LogP contribution in [0.25, 0.3) is 0 Å². The van der Waals surface area contributed by atoms with E-state index in [9.17, 15) is 19.5 Å². The van der Waals surface area contributed by atoms with Crippen molar-refractivity contribution < 1.29 is 24.2 Å². The summed E-state index contributed by atoms with van der Waals surface area (Å²) in [6, 6.07) is 8.23. The van der Waals surface area contributed by atoms with Crippen molar-refractivity contribution in [1.82, 2.24) is 14.7 Å². The average molecular weight is 524 g/mol. The average Bonchev–Trinajstić information content (AvgIpc) is 3.57. The molecule has 3 heterocycles. The van der Waals surface area contributed by atoms with Gasteiger partial charge < -0.3 is 24.5 Å². The Labute approximate surface area is 225 Å². The maximum atomic E-state index is 14.4. The second-order valence-electron chi connectivity index (χ2n) is 10.6. The third-order valence-electron chi connectivity index (χ3n) is 8.36. The fourth-order valence-electron chi connectivity index (χ4n) is 6.75. The van der Waals surface area contributed by atoms with Gasteiger partial charge in [0.15, 0.2) is 0 Å². The number of benzene rings is 1. The van der Waals surface area contributed by atoms with Crippen molar-refractivity contribution in [3.05, 3.63) is 61.2 Å². The molecule has 4 rings (SSSR count). The molecule has 38 heavy (non-hydrogen) atoms. The molecule has 3 aliphatic rings. The van der Waals surface area contributed by atoms with Crippen LogP contribution >= 0.6 is 0 Å². The Kier molecular flexibility index (Phi) is 8.73. The van der Waals surface area contributed by atoms with Gasteiger partial charge >= 0.3 is 0 Å². The van der Waals surface area contributed by atoms with Gasteiger partial charge in [-0.1, -0.05) is 56.3 Å². The minimum absolute atomic E-state index is 0.117. The zero-order chi connectivity index (χ0) is 27.4. The summed E-state index contributed by atoms with van der Waals surface area (Å²) in [5.74, 6) is -2.02. The van der Waals surface area contributed by atoms with Crippen LogP contribution in [0, 0.1) is 11.8 Å². The van der Waals surface area contributed by atoms with E-state index in [1.807, 2.05) is 44.2 Å². The first kappa shape index (κ1) is 28.0. The first-order valence-corrected chi connectivity index (χ1v) is 13.8. The van der Waals surface area contributed by atoms with Crippen molar-refractivity contribution in [3.8, 4) is 0 Å². The summed E-state index contributed by atoms with van der Waals surface area (Å²) < 4.78 is 6.59. The van der Waals surface area contributed by atoms with Crippen molar-refractivity contribution in [1.29, 1.82) is 0 Å². The zero-order valence-corrected chi connectivity index (χ0v) is 22.6. The molecule has 8 nitrogen and oxygen atoms in total. The zero-order valence-electron chi connectivity index (χ0n) is 22.6. The molecule has 1 N–H and O–H groups in total.